The van der Waals surface area contributed by atoms with Crippen molar-refractivity contribution in [3.05, 3.63) is 61.1 Å². The van der Waals surface area contributed by atoms with Crippen molar-refractivity contribution in [2.75, 3.05) is 0 Å². The Morgan fingerprint density at radius 1 is 1.26 bits per heavy atom. The van der Waals surface area contributed by atoms with Gasteiger partial charge in [-0.3, -0.25) is 9.36 Å². The topological polar surface area (TPSA) is 59.3 Å². The zero-order valence-corrected chi connectivity index (χ0v) is 12.6. The first kappa shape index (κ1) is 13.8. The lowest BCUT2D eigenvalue weighted by Crippen LogP contribution is -2.24. The number of halogens is 1. The van der Waals surface area contributed by atoms with Crippen molar-refractivity contribution < 1.29 is 9.90 Å². The fraction of sp³-hybridized carbons (Fsp3) is 0.143. The Morgan fingerprint density at radius 2 is 1.95 bits per heavy atom. The van der Waals surface area contributed by atoms with Crippen LogP contribution in [0.15, 0.2) is 35.1 Å². The molecule has 0 unspecified atom stereocenters. The summed E-state index contributed by atoms with van der Waals surface area (Å²) in [4.78, 5) is 23.4. The highest BCUT2D eigenvalue weighted by atomic mass is 127. The summed E-state index contributed by atoms with van der Waals surface area (Å²) in [6.07, 6.45) is 0. The number of rotatable bonds is 2. The van der Waals surface area contributed by atoms with Gasteiger partial charge >= 0.3 is 5.97 Å². The summed E-state index contributed by atoms with van der Waals surface area (Å²) in [6.45, 7) is 3.29. The minimum Gasteiger partial charge on any atom is -0.478 e. The molecule has 1 N–H and O–H groups in total. The molecule has 0 atom stereocenters. The van der Waals surface area contributed by atoms with Crippen molar-refractivity contribution in [3.8, 4) is 5.69 Å². The number of aryl methyl sites for hydroxylation is 1. The number of carboxylic acids is 1. The van der Waals surface area contributed by atoms with E-state index in [4.69, 9.17) is 0 Å². The monoisotopic (exact) mass is 369 g/mol. The summed E-state index contributed by atoms with van der Waals surface area (Å²) in [5, 5.41) is 9.25. The molecule has 0 amide bonds. The lowest BCUT2D eigenvalue weighted by molar-refractivity contribution is 0.0694. The Kier molecular flexibility index (Phi) is 3.75. The fourth-order valence-corrected chi connectivity index (χ4v) is 2.67. The molecular weight excluding hydrogens is 357 g/mol. The Hall–Kier alpha value is -1.63. The van der Waals surface area contributed by atoms with Gasteiger partial charge in [-0.2, -0.15) is 0 Å². The Bertz CT molecular complexity index is 719. The molecule has 0 fully saturated rings. The zero-order valence-electron chi connectivity index (χ0n) is 10.5. The second-order valence-corrected chi connectivity index (χ2v) is 5.49. The van der Waals surface area contributed by atoms with Crippen molar-refractivity contribution in [3.63, 3.8) is 0 Å². The highest BCUT2D eigenvalue weighted by Gasteiger charge is 2.16. The van der Waals surface area contributed by atoms with Gasteiger partial charge in [-0.15, -0.1) is 0 Å². The minimum absolute atomic E-state index is 0.179. The Balaban J connectivity index is 2.81. The van der Waals surface area contributed by atoms with E-state index in [2.05, 4.69) is 22.6 Å². The molecule has 1 aromatic heterocycles. The van der Waals surface area contributed by atoms with Crippen LogP contribution in [0, 0.1) is 17.4 Å². The van der Waals surface area contributed by atoms with Gasteiger partial charge in [-0.1, -0.05) is 6.07 Å². The van der Waals surface area contributed by atoms with E-state index in [1.54, 1.807) is 19.9 Å². The lowest BCUT2D eigenvalue weighted by Gasteiger charge is -2.14. The molecule has 5 heteroatoms. The maximum Gasteiger partial charge on any atom is 0.337 e. The third kappa shape index (κ3) is 2.56. The zero-order chi connectivity index (χ0) is 14.2. The van der Waals surface area contributed by atoms with Crippen LogP contribution in [0.5, 0.6) is 0 Å². The van der Waals surface area contributed by atoms with Crippen molar-refractivity contribution in [1.29, 1.82) is 0 Å². The summed E-state index contributed by atoms with van der Waals surface area (Å²) < 4.78 is 2.41. The number of aromatic carboxylic acids is 1. The van der Waals surface area contributed by atoms with Gasteiger partial charge < -0.3 is 5.11 Å². The van der Waals surface area contributed by atoms with Gasteiger partial charge in [0.15, 0.2) is 0 Å². The standard InChI is InChI=1S/C14H12INO3/c1-8-6-12(17)16(9(2)13(8)14(18)19)11-5-3-4-10(15)7-11/h3-7H,1-2H3,(H,18,19). The minimum atomic E-state index is -1.02. The van der Waals surface area contributed by atoms with Crippen LogP contribution in [-0.4, -0.2) is 15.6 Å². The van der Waals surface area contributed by atoms with Crippen LogP contribution in [0.1, 0.15) is 21.6 Å². The molecule has 0 aliphatic carbocycles. The maximum absolute atomic E-state index is 12.1. The van der Waals surface area contributed by atoms with Gasteiger partial charge in [0.05, 0.1) is 5.56 Å². The SMILES string of the molecule is Cc1cc(=O)n(-c2cccc(I)c2)c(C)c1C(=O)O. The third-order valence-electron chi connectivity index (χ3n) is 2.93. The first-order valence-corrected chi connectivity index (χ1v) is 6.72. The number of hydrogen-bond donors (Lipinski definition) is 1. The highest BCUT2D eigenvalue weighted by molar-refractivity contribution is 14.1. The molecule has 0 aliphatic heterocycles. The van der Waals surface area contributed by atoms with Gasteiger partial charge in [0.25, 0.3) is 5.56 Å². The quantitative estimate of drug-likeness (QED) is 0.829. The van der Waals surface area contributed by atoms with Crippen molar-refractivity contribution >= 4 is 28.6 Å². The predicted octanol–water partition coefficient (Wildman–Crippen LogP) is 2.76. The van der Waals surface area contributed by atoms with Crippen LogP contribution in [0.25, 0.3) is 5.69 Å². The lowest BCUT2D eigenvalue weighted by atomic mass is 10.1. The van der Waals surface area contributed by atoms with E-state index in [1.807, 2.05) is 18.2 Å². The van der Waals surface area contributed by atoms with Crippen LogP contribution >= 0.6 is 22.6 Å². The first-order chi connectivity index (χ1) is 8.91. The van der Waals surface area contributed by atoms with E-state index >= 15 is 0 Å². The number of aromatic nitrogens is 1. The normalized spacial score (nSPS) is 10.5. The molecule has 1 aromatic carbocycles. The predicted molar refractivity (Wildman–Crippen MR) is 81.2 cm³/mol. The molecule has 98 valence electrons. The molecule has 2 aromatic rings. The van der Waals surface area contributed by atoms with Crippen LogP contribution < -0.4 is 5.56 Å². The fourth-order valence-electron chi connectivity index (χ4n) is 2.14. The second-order valence-electron chi connectivity index (χ2n) is 4.25. The second kappa shape index (κ2) is 5.16. The average Bonchev–Trinajstić information content (AvgIpc) is 2.27. The van der Waals surface area contributed by atoms with Gasteiger partial charge in [0.1, 0.15) is 0 Å². The summed E-state index contributed by atoms with van der Waals surface area (Å²) in [6, 6.07) is 8.74. The third-order valence-corrected chi connectivity index (χ3v) is 3.60. The molecular formula is C14H12INO3. The molecule has 0 radical (unpaired) electrons. The Morgan fingerprint density at radius 3 is 2.53 bits per heavy atom. The number of carbonyl (C=O) groups is 1. The number of benzene rings is 1. The maximum atomic E-state index is 12.1. The summed E-state index contributed by atoms with van der Waals surface area (Å²) in [7, 11) is 0. The Labute approximate surface area is 123 Å². The molecule has 4 nitrogen and oxygen atoms in total. The van der Waals surface area contributed by atoms with Crippen molar-refractivity contribution in [1.82, 2.24) is 4.57 Å². The van der Waals surface area contributed by atoms with Crippen molar-refractivity contribution in [2.45, 2.75) is 13.8 Å². The van der Waals surface area contributed by atoms with E-state index in [1.165, 1.54) is 10.6 Å². The molecule has 19 heavy (non-hydrogen) atoms. The summed E-state index contributed by atoms with van der Waals surface area (Å²) in [5.74, 6) is -1.02. The largest absolute Gasteiger partial charge is 0.478 e. The molecule has 0 bridgehead atoms. The molecule has 0 spiro atoms. The first-order valence-electron chi connectivity index (χ1n) is 5.64. The van der Waals surface area contributed by atoms with E-state index in [9.17, 15) is 14.7 Å². The smallest absolute Gasteiger partial charge is 0.337 e. The highest BCUT2D eigenvalue weighted by Crippen LogP contribution is 2.17. The van der Waals surface area contributed by atoms with Gasteiger partial charge in [-0.25, -0.2) is 4.79 Å². The van der Waals surface area contributed by atoms with E-state index < -0.39 is 5.97 Å². The van der Waals surface area contributed by atoms with E-state index in [-0.39, 0.29) is 11.1 Å². The van der Waals surface area contributed by atoms with Crippen LogP contribution in [-0.2, 0) is 0 Å². The molecule has 0 saturated heterocycles. The van der Waals surface area contributed by atoms with Gasteiger partial charge in [0, 0.05) is 21.0 Å². The number of hydrogen-bond acceptors (Lipinski definition) is 2. The average molecular weight is 369 g/mol. The van der Waals surface area contributed by atoms with Crippen LogP contribution in [0.4, 0.5) is 0 Å². The molecule has 2 rings (SSSR count). The van der Waals surface area contributed by atoms with Crippen molar-refractivity contribution in [2.24, 2.45) is 0 Å². The molecule has 0 saturated carbocycles. The van der Waals surface area contributed by atoms with E-state index in [0.29, 0.717) is 16.9 Å². The number of pyridine rings is 1. The van der Waals surface area contributed by atoms with Crippen LogP contribution in [0.3, 0.4) is 0 Å². The summed E-state index contributed by atoms with van der Waals surface area (Å²) in [5.41, 5.74) is 1.56. The molecule has 0 aliphatic rings. The van der Waals surface area contributed by atoms with Crippen LogP contribution in [0.2, 0.25) is 0 Å². The number of carboxylic acid groups (broad SMARTS) is 1. The summed E-state index contributed by atoms with van der Waals surface area (Å²) >= 11 is 2.15. The number of nitrogens with zero attached hydrogens (tertiary/aromatic N) is 1. The van der Waals surface area contributed by atoms with Gasteiger partial charge in [0.2, 0.25) is 0 Å². The van der Waals surface area contributed by atoms with E-state index in [0.717, 1.165) is 3.57 Å². The molecule has 1 heterocycles. The van der Waals surface area contributed by atoms with Gasteiger partial charge in [-0.05, 0) is 60.2 Å².